The Bertz CT molecular complexity index is 641. The highest BCUT2D eigenvalue weighted by Gasteiger charge is 2.12. The van der Waals surface area contributed by atoms with Gasteiger partial charge in [0.25, 0.3) is 5.56 Å². The van der Waals surface area contributed by atoms with Crippen LogP contribution in [0.2, 0.25) is 0 Å². The minimum atomic E-state index is 0.0500. The van der Waals surface area contributed by atoms with Crippen molar-refractivity contribution in [3.63, 3.8) is 0 Å². The lowest BCUT2D eigenvalue weighted by molar-refractivity contribution is 0.484. The van der Waals surface area contributed by atoms with Crippen molar-refractivity contribution in [2.45, 2.75) is 39.3 Å². The molecule has 0 saturated carbocycles. The summed E-state index contributed by atoms with van der Waals surface area (Å²) in [5.41, 5.74) is 3.58. The van der Waals surface area contributed by atoms with Gasteiger partial charge in [-0.3, -0.25) is 4.79 Å². The Morgan fingerprint density at radius 2 is 1.67 bits per heavy atom. The van der Waals surface area contributed by atoms with Gasteiger partial charge in [-0.2, -0.15) is 0 Å². The lowest BCUT2D eigenvalue weighted by atomic mass is 9.99. The monoisotopic (exact) mass is 284 g/mol. The minimum absolute atomic E-state index is 0.0500. The van der Waals surface area contributed by atoms with Crippen LogP contribution in [0, 0.1) is 6.92 Å². The zero-order valence-corrected chi connectivity index (χ0v) is 13.3. The molecule has 3 nitrogen and oxygen atoms in total. The summed E-state index contributed by atoms with van der Waals surface area (Å²) in [4.78, 5) is 12.0. The maximum absolute atomic E-state index is 12.0. The van der Waals surface area contributed by atoms with Crippen LogP contribution in [0.15, 0.2) is 47.3 Å². The largest absolute Gasteiger partial charge is 0.312 e. The molecule has 21 heavy (non-hydrogen) atoms. The van der Waals surface area contributed by atoms with Gasteiger partial charge in [0.1, 0.15) is 0 Å². The molecule has 0 amide bonds. The number of aryl methyl sites for hydroxylation is 1. The number of hydrogen-bond acceptors (Lipinski definition) is 2. The molecule has 1 unspecified atom stereocenters. The molecule has 0 saturated heterocycles. The van der Waals surface area contributed by atoms with Gasteiger partial charge in [-0.1, -0.05) is 44.2 Å². The van der Waals surface area contributed by atoms with Gasteiger partial charge in [-0.25, -0.2) is 0 Å². The van der Waals surface area contributed by atoms with E-state index in [1.54, 1.807) is 12.1 Å². The number of nitrogens with zero attached hydrogens (tertiary/aromatic N) is 1. The molecule has 1 aromatic heterocycles. The fourth-order valence-electron chi connectivity index (χ4n) is 2.52. The number of pyridine rings is 1. The predicted octanol–water partition coefficient (Wildman–Crippen LogP) is 3.24. The maximum atomic E-state index is 12.0. The minimum Gasteiger partial charge on any atom is -0.312 e. The number of rotatable bonds is 5. The number of benzene rings is 1. The molecule has 1 aromatic carbocycles. The van der Waals surface area contributed by atoms with E-state index in [0.29, 0.717) is 12.5 Å². The molecule has 0 fully saturated rings. The number of hydrogen-bond donors (Lipinski definition) is 1. The third-order valence-corrected chi connectivity index (χ3v) is 3.99. The molecule has 112 valence electrons. The second-order valence-electron chi connectivity index (χ2n) is 5.78. The summed E-state index contributed by atoms with van der Waals surface area (Å²) in [5.74, 6) is 0.533. The zero-order chi connectivity index (χ0) is 15.4. The van der Waals surface area contributed by atoms with Gasteiger partial charge in [0, 0.05) is 18.3 Å². The third kappa shape index (κ3) is 3.61. The lowest BCUT2D eigenvalue weighted by Crippen LogP contribution is -2.29. The molecule has 0 spiro atoms. The molecule has 0 aliphatic rings. The second-order valence-corrected chi connectivity index (χ2v) is 5.78. The first-order chi connectivity index (χ1) is 10.0. The van der Waals surface area contributed by atoms with E-state index in [4.69, 9.17) is 0 Å². The van der Waals surface area contributed by atoms with Crippen LogP contribution in [0.1, 0.15) is 42.6 Å². The maximum Gasteiger partial charge on any atom is 0.250 e. The average molecular weight is 284 g/mol. The predicted molar refractivity (Wildman–Crippen MR) is 87.8 cm³/mol. The summed E-state index contributed by atoms with van der Waals surface area (Å²) < 4.78 is 1.82. The van der Waals surface area contributed by atoms with Crippen LogP contribution < -0.4 is 10.9 Å². The summed E-state index contributed by atoms with van der Waals surface area (Å²) in [6, 6.07) is 14.2. The van der Waals surface area contributed by atoms with Crippen molar-refractivity contribution in [1.29, 1.82) is 0 Å². The lowest BCUT2D eigenvalue weighted by Gasteiger charge is -2.20. The Hall–Kier alpha value is -1.87. The Morgan fingerprint density at radius 3 is 2.19 bits per heavy atom. The smallest absolute Gasteiger partial charge is 0.250 e. The fraction of sp³-hybridized carbons (Fsp3) is 0.389. The number of nitrogens with one attached hydrogen (secondary N) is 1. The summed E-state index contributed by atoms with van der Waals surface area (Å²) in [6.45, 7) is 6.99. The van der Waals surface area contributed by atoms with E-state index in [0.717, 1.165) is 5.69 Å². The van der Waals surface area contributed by atoms with Gasteiger partial charge < -0.3 is 9.88 Å². The molecule has 0 aliphatic carbocycles. The van der Waals surface area contributed by atoms with Crippen LogP contribution in [-0.2, 0) is 6.54 Å². The van der Waals surface area contributed by atoms with E-state index in [2.05, 4.69) is 43.4 Å². The highest BCUT2D eigenvalue weighted by Crippen LogP contribution is 2.19. The summed E-state index contributed by atoms with van der Waals surface area (Å²) in [7, 11) is 1.93. The molecule has 1 atom stereocenters. The first-order valence-corrected chi connectivity index (χ1v) is 7.46. The quantitative estimate of drug-likeness (QED) is 0.914. The molecule has 1 N–H and O–H groups in total. The molecule has 0 aliphatic heterocycles. The molecule has 2 aromatic rings. The van der Waals surface area contributed by atoms with Gasteiger partial charge in [0.05, 0.1) is 6.04 Å². The molecular formula is C18H24N2O. The van der Waals surface area contributed by atoms with Crippen molar-refractivity contribution in [3.05, 3.63) is 69.6 Å². The summed E-state index contributed by atoms with van der Waals surface area (Å²) >= 11 is 0. The van der Waals surface area contributed by atoms with Gasteiger partial charge in [0.15, 0.2) is 0 Å². The van der Waals surface area contributed by atoms with Crippen molar-refractivity contribution in [2.24, 2.45) is 0 Å². The molecular weight excluding hydrogens is 260 g/mol. The van der Waals surface area contributed by atoms with Crippen molar-refractivity contribution < 1.29 is 0 Å². The van der Waals surface area contributed by atoms with Crippen LogP contribution in [0.25, 0.3) is 0 Å². The Morgan fingerprint density at radius 1 is 1.05 bits per heavy atom. The average Bonchev–Trinajstić information content (AvgIpc) is 2.47. The van der Waals surface area contributed by atoms with E-state index in [-0.39, 0.29) is 11.6 Å². The van der Waals surface area contributed by atoms with Crippen LogP contribution >= 0.6 is 0 Å². The molecule has 2 rings (SSSR count). The van der Waals surface area contributed by atoms with Crippen molar-refractivity contribution in [3.8, 4) is 0 Å². The van der Waals surface area contributed by atoms with E-state index in [1.165, 1.54) is 11.1 Å². The second kappa shape index (κ2) is 6.72. The third-order valence-electron chi connectivity index (χ3n) is 3.99. The first-order valence-electron chi connectivity index (χ1n) is 7.46. The van der Waals surface area contributed by atoms with Crippen LogP contribution in [0.5, 0.6) is 0 Å². The Balaban J connectivity index is 2.26. The normalized spacial score (nSPS) is 12.6. The first kappa shape index (κ1) is 15.5. The SMILES string of the molecule is CNC(Cn1c(C)cccc1=O)c1ccc(C(C)C)cc1. The van der Waals surface area contributed by atoms with Gasteiger partial charge >= 0.3 is 0 Å². The van der Waals surface area contributed by atoms with E-state index in [9.17, 15) is 4.79 Å². The number of aromatic nitrogens is 1. The standard InChI is InChI=1S/C18H24N2O/c1-13(2)15-8-10-16(11-9-15)17(19-4)12-20-14(3)6-5-7-18(20)21/h5-11,13,17,19H,12H2,1-4H3. The molecule has 0 bridgehead atoms. The topological polar surface area (TPSA) is 34.0 Å². The Kier molecular flexibility index (Phi) is 4.97. The molecule has 1 heterocycles. The van der Waals surface area contributed by atoms with Crippen molar-refractivity contribution in [2.75, 3.05) is 7.05 Å². The fourth-order valence-corrected chi connectivity index (χ4v) is 2.52. The van der Waals surface area contributed by atoms with Gasteiger partial charge in [-0.15, -0.1) is 0 Å². The number of likely N-dealkylation sites (N-methyl/N-ethyl adjacent to an activating group) is 1. The highest BCUT2D eigenvalue weighted by molar-refractivity contribution is 5.27. The van der Waals surface area contributed by atoms with E-state index in [1.807, 2.05) is 24.6 Å². The van der Waals surface area contributed by atoms with Crippen LogP contribution in [0.3, 0.4) is 0 Å². The van der Waals surface area contributed by atoms with Crippen LogP contribution in [-0.4, -0.2) is 11.6 Å². The van der Waals surface area contributed by atoms with Gasteiger partial charge in [-0.05, 0) is 37.1 Å². The molecule has 3 heteroatoms. The Labute approximate surface area is 126 Å². The van der Waals surface area contributed by atoms with E-state index < -0.39 is 0 Å². The van der Waals surface area contributed by atoms with E-state index >= 15 is 0 Å². The van der Waals surface area contributed by atoms with Gasteiger partial charge in [0.2, 0.25) is 0 Å². The van der Waals surface area contributed by atoms with Crippen molar-refractivity contribution >= 4 is 0 Å². The highest BCUT2D eigenvalue weighted by atomic mass is 16.1. The molecule has 0 radical (unpaired) electrons. The summed E-state index contributed by atoms with van der Waals surface area (Å²) in [6.07, 6.45) is 0. The van der Waals surface area contributed by atoms with Crippen molar-refractivity contribution in [1.82, 2.24) is 9.88 Å². The van der Waals surface area contributed by atoms with Crippen LogP contribution in [0.4, 0.5) is 0 Å². The summed E-state index contributed by atoms with van der Waals surface area (Å²) in [5, 5.41) is 3.31. The zero-order valence-electron chi connectivity index (χ0n) is 13.3.